The number of hydrogen-bond donors (Lipinski definition) is 0. The van der Waals surface area contributed by atoms with Crippen LogP contribution in [0.25, 0.3) is 0 Å². The maximum absolute atomic E-state index is 12.5. The lowest BCUT2D eigenvalue weighted by molar-refractivity contribution is -0.140. The standard InChI is InChI=1S/C30H42O3/c1-3-4-5-6-7-8-9-10-23-32-28-21-17-26(18-22-28)25-13-15-27(16-14-25)30(31)33-29-19-11-24(2)12-20-29/h11-12,17-22,25,27H,3-10,13-16,23H2,1-2H3. The summed E-state index contributed by atoms with van der Waals surface area (Å²) in [6, 6.07) is 16.3. The first-order valence-corrected chi connectivity index (χ1v) is 13.2. The van der Waals surface area contributed by atoms with Crippen LogP contribution in [0.2, 0.25) is 0 Å². The van der Waals surface area contributed by atoms with Gasteiger partial charge in [-0.2, -0.15) is 0 Å². The van der Waals surface area contributed by atoms with Gasteiger partial charge in [0.2, 0.25) is 0 Å². The lowest BCUT2D eigenvalue weighted by Gasteiger charge is -2.27. The summed E-state index contributed by atoms with van der Waals surface area (Å²) < 4.78 is 11.5. The lowest BCUT2D eigenvalue weighted by atomic mass is 9.79. The van der Waals surface area contributed by atoms with Gasteiger partial charge in [-0.05, 0) is 74.8 Å². The van der Waals surface area contributed by atoms with Crippen LogP contribution >= 0.6 is 0 Å². The minimum Gasteiger partial charge on any atom is -0.494 e. The number of hydrogen-bond acceptors (Lipinski definition) is 3. The SMILES string of the molecule is CCCCCCCCCCOc1ccc(C2CCC(C(=O)Oc3ccc(C)cc3)CC2)cc1. The zero-order valence-corrected chi connectivity index (χ0v) is 20.7. The number of unbranched alkanes of at least 4 members (excludes halogenated alkanes) is 7. The average Bonchev–Trinajstić information content (AvgIpc) is 2.85. The predicted molar refractivity (Wildman–Crippen MR) is 136 cm³/mol. The van der Waals surface area contributed by atoms with E-state index in [9.17, 15) is 4.79 Å². The largest absolute Gasteiger partial charge is 0.494 e. The van der Waals surface area contributed by atoms with Crippen molar-refractivity contribution in [2.45, 2.75) is 96.8 Å². The van der Waals surface area contributed by atoms with Crippen LogP contribution in [0.5, 0.6) is 11.5 Å². The quantitative estimate of drug-likeness (QED) is 0.175. The van der Waals surface area contributed by atoms with Gasteiger partial charge in [0.05, 0.1) is 12.5 Å². The molecule has 0 aromatic heterocycles. The van der Waals surface area contributed by atoms with Crippen molar-refractivity contribution < 1.29 is 14.3 Å². The van der Waals surface area contributed by atoms with Gasteiger partial charge in [-0.15, -0.1) is 0 Å². The highest BCUT2D eigenvalue weighted by atomic mass is 16.5. The topological polar surface area (TPSA) is 35.5 Å². The van der Waals surface area contributed by atoms with Gasteiger partial charge in [0, 0.05) is 0 Å². The van der Waals surface area contributed by atoms with Crippen LogP contribution in [0.3, 0.4) is 0 Å². The van der Waals surface area contributed by atoms with Crippen LogP contribution in [0.15, 0.2) is 48.5 Å². The lowest BCUT2D eigenvalue weighted by Crippen LogP contribution is -2.25. The van der Waals surface area contributed by atoms with E-state index < -0.39 is 0 Å². The fraction of sp³-hybridized carbons (Fsp3) is 0.567. The summed E-state index contributed by atoms with van der Waals surface area (Å²) in [6.45, 7) is 5.10. The summed E-state index contributed by atoms with van der Waals surface area (Å²) >= 11 is 0. The molecular formula is C30H42O3. The average molecular weight is 451 g/mol. The number of benzene rings is 2. The molecule has 0 heterocycles. The molecule has 1 aliphatic carbocycles. The van der Waals surface area contributed by atoms with E-state index in [0.29, 0.717) is 11.7 Å². The van der Waals surface area contributed by atoms with Crippen molar-refractivity contribution in [3.63, 3.8) is 0 Å². The Bertz CT molecular complexity index is 801. The van der Waals surface area contributed by atoms with Gasteiger partial charge in [-0.25, -0.2) is 0 Å². The molecule has 1 saturated carbocycles. The molecule has 0 saturated heterocycles. The Hall–Kier alpha value is -2.29. The number of esters is 1. The van der Waals surface area contributed by atoms with Gasteiger partial charge in [0.1, 0.15) is 11.5 Å². The summed E-state index contributed by atoms with van der Waals surface area (Å²) in [5.41, 5.74) is 2.53. The summed E-state index contributed by atoms with van der Waals surface area (Å²) in [4.78, 5) is 12.5. The van der Waals surface area contributed by atoms with E-state index in [4.69, 9.17) is 9.47 Å². The normalized spacial score (nSPS) is 18.1. The second-order valence-corrected chi connectivity index (χ2v) is 9.68. The van der Waals surface area contributed by atoms with Crippen LogP contribution in [0.4, 0.5) is 0 Å². The highest BCUT2D eigenvalue weighted by Gasteiger charge is 2.28. The number of ether oxygens (including phenoxy) is 2. The predicted octanol–water partition coefficient (Wildman–Crippen LogP) is 8.39. The summed E-state index contributed by atoms with van der Waals surface area (Å²) in [5, 5.41) is 0. The number of carbonyl (C=O) groups excluding carboxylic acids is 1. The molecule has 0 unspecified atom stereocenters. The first-order chi connectivity index (χ1) is 16.2. The molecule has 0 radical (unpaired) electrons. The first kappa shape index (κ1) is 25.3. The van der Waals surface area contributed by atoms with Gasteiger partial charge in [0.25, 0.3) is 0 Å². The zero-order chi connectivity index (χ0) is 23.3. The van der Waals surface area contributed by atoms with Gasteiger partial charge in [0.15, 0.2) is 0 Å². The third-order valence-electron chi connectivity index (χ3n) is 6.92. The summed E-state index contributed by atoms with van der Waals surface area (Å²) in [7, 11) is 0. The van der Waals surface area contributed by atoms with E-state index in [2.05, 4.69) is 31.2 Å². The molecule has 1 fully saturated rings. The van der Waals surface area contributed by atoms with Gasteiger partial charge in [-0.3, -0.25) is 4.79 Å². The van der Waals surface area contributed by atoms with Crippen LogP contribution < -0.4 is 9.47 Å². The van der Waals surface area contributed by atoms with E-state index in [1.54, 1.807) is 0 Å². The molecular weight excluding hydrogens is 408 g/mol. The highest BCUT2D eigenvalue weighted by molar-refractivity contribution is 5.75. The smallest absolute Gasteiger partial charge is 0.314 e. The molecule has 0 aliphatic heterocycles. The van der Waals surface area contributed by atoms with Crippen LogP contribution in [-0.4, -0.2) is 12.6 Å². The molecule has 3 rings (SSSR count). The maximum atomic E-state index is 12.5. The minimum atomic E-state index is -0.0815. The minimum absolute atomic E-state index is 0.0109. The highest BCUT2D eigenvalue weighted by Crippen LogP contribution is 2.37. The van der Waals surface area contributed by atoms with E-state index in [1.165, 1.54) is 56.1 Å². The van der Waals surface area contributed by atoms with Crippen LogP contribution in [-0.2, 0) is 4.79 Å². The Labute approximate surface area is 200 Å². The Balaban J connectivity index is 1.32. The molecule has 0 atom stereocenters. The monoisotopic (exact) mass is 450 g/mol. The van der Waals surface area contributed by atoms with Crippen molar-refractivity contribution >= 4 is 5.97 Å². The Kier molecular flexibility index (Phi) is 10.8. The van der Waals surface area contributed by atoms with E-state index >= 15 is 0 Å². The molecule has 0 spiro atoms. The Morgan fingerprint density at radius 3 is 1.97 bits per heavy atom. The molecule has 3 heteroatoms. The molecule has 0 N–H and O–H groups in total. The first-order valence-electron chi connectivity index (χ1n) is 13.2. The molecule has 180 valence electrons. The fourth-order valence-electron chi connectivity index (χ4n) is 4.73. The van der Waals surface area contributed by atoms with E-state index in [-0.39, 0.29) is 11.9 Å². The maximum Gasteiger partial charge on any atom is 0.314 e. The Morgan fingerprint density at radius 1 is 0.758 bits per heavy atom. The van der Waals surface area contributed by atoms with E-state index in [1.807, 2.05) is 31.2 Å². The second-order valence-electron chi connectivity index (χ2n) is 9.68. The van der Waals surface area contributed by atoms with Crippen molar-refractivity contribution in [3.8, 4) is 11.5 Å². The molecule has 0 amide bonds. The molecule has 1 aliphatic rings. The Morgan fingerprint density at radius 2 is 1.33 bits per heavy atom. The summed E-state index contributed by atoms with van der Waals surface area (Å²) in [5.74, 6) is 2.07. The van der Waals surface area contributed by atoms with Crippen molar-refractivity contribution in [2.75, 3.05) is 6.61 Å². The van der Waals surface area contributed by atoms with Crippen molar-refractivity contribution in [1.82, 2.24) is 0 Å². The molecule has 2 aromatic rings. The van der Waals surface area contributed by atoms with Crippen molar-refractivity contribution in [3.05, 3.63) is 59.7 Å². The molecule has 0 bridgehead atoms. The molecule has 3 nitrogen and oxygen atoms in total. The van der Waals surface area contributed by atoms with Gasteiger partial charge in [-0.1, -0.05) is 81.7 Å². The number of rotatable bonds is 13. The fourth-order valence-corrected chi connectivity index (χ4v) is 4.73. The van der Waals surface area contributed by atoms with Crippen LogP contribution in [0, 0.1) is 12.8 Å². The molecule has 2 aromatic carbocycles. The van der Waals surface area contributed by atoms with Crippen molar-refractivity contribution in [1.29, 1.82) is 0 Å². The van der Waals surface area contributed by atoms with E-state index in [0.717, 1.165) is 44.5 Å². The number of carbonyl (C=O) groups is 1. The summed E-state index contributed by atoms with van der Waals surface area (Å²) in [6.07, 6.45) is 14.4. The zero-order valence-electron chi connectivity index (χ0n) is 20.7. The molecule has 33 heavy (non-hydrogen) atoms. The van der Waals surface area contributed by atoms with Crippen LogP contribution in [0.1, 0.15) is 101 Å². The van der Waals surface area contributed by atoms with Gasteiger partial charge < -0.3 is 9.47 Å². The second kappa shape index (κ2) is 14.1. The number of aryl methyl sites for hydroxylation is 1. The third-order valence-corrected chi connectivity index (χ3v) is 6.92. The third kappa shape index (κ3) is 8.87. The van der Waals surface area contributed by atoms with Gasteiger partial charge >= 0.3 is 5.97 Å². The van der Waals surface area contributed by atoms with Crippen molar-refractivity contribution in [2.24, 2.45) is 5.92 Å².